The molecule has 1 aromatic rings. The molecule has 0 spiro atoms. The van der Waals surface area contributed by atoms with Crippen LogP contribution >= 0.6 is 0 Å². The molecule has 4 nitrogen and oxygen atoms in total. The van der Waals surface area contributed by atoms with Gasteiger partial charge in [0.05, 0.1) is 12.2 Å². The predicted octanol–water partition coefficient (Wildman–Crippen LogP) is 1.54. The van der Waals surface area contributed by atoms with Crippen LogP contribution in [0.5, 0.6) is 0 Å². The number of hydrogen-bond donors (Lipinski definition) is 2. The summed E-state index contributed by atoms with van der Waals surface area (Å²) in [6.07, 6.45) is 1.77. The highest BCUT2D eigenvalue weighted by Gasteiger charge is 2.08. The summed E-state index contributed by atoms with van der Waals surface area (Å²) in [5.74, 6) is 1.60. The van der Waals surface area contributed by atoms with Crippen molar-refractivity contribution in [2.24, 2.45) is 0 Å². The minimum absolute atomic E-state index is 0.217. The topological polar surface area (TPSA) is 58.3 Å². The van der Waals surface area contributed by atoms with E-state index in [4.69, 9.17) is 9.52 Å². The minimum Gasteiger partial charge on any atom is -0.444 e. The van der Waals surface area contributed by atoms with Crippen LogP contribution < -0.4 is 5.32 Å². The van der Waals surface area contributed by atoms with Crippen molar-refractivity contribution in [1.82, 2.24) is 10.3 Å². The van der Waals surface area contributed by atoms with Crippen molar-refractivity contribution in [3.8, 4) is 0 Å². The van der Waals surface area contributed by atoms with E-state index in [1.54, 1.807) is 0 Å². The molecule has 2 N–H and O–H groups in total. The Morgan fingerprint density at radius 1 is 1.47 bits per heavy atom. The van der Waals surface area contributed by atoms with Gasteiger partial charge in [-0.2, -0.15) is 0 Å². The van der Waals surface area contributed by atoms with Gasteiger partial charge < -0.3 is 14.8 Å². The van der Waals surface area contributed by atoms with Crippen LogP contribution in [-0.2, 0) is 6.54 Å². The second-order valence-corrected chi connectivity index (χ2v) is 3.75. The summed E-state index contributed by atoms with van der Waals surface area (Å²) >= 11 is 0. The van der Waals surface area contributed by atoms with E-state index in [-0.39, 0.29) is 6.61 Å². The third-order valence-electron chi connectivity index (χ3n) is 2.59. The highest BCUT2D eigenvalue weighted by atomic mass is 16.4. The van der Waals surface area contributed by atoms with E-state index in [9.17, 15) is 0 Å². The highest BCUT2D eigenvalue weighted by molar-refractivity contribution is 5.05. The molecule has 0 fully saturated rings. The van der Waals surface area contributed by atoms with Crippen molar-refractivity contribution in [3.63, 3.8) is 0 Å². The van der Waals surface area contributed by atoms with Crippen molar-refractivity contribution in [2.45, 2.75) is 46.2 Å². The fourth-order valence-corrected chi connectivity index (χ4v) is 1.45. The quantitative estimate of drug-likeness (QED) is 0.751. The maximum atomic E-state index is 8.83. The lowest BCUT2D eigenvalue weighted by atomic mass is 10.1. The first-order valence-electron chi connectivity index (χ1n) is 5.44. The van der Waals surface area contributed by atoms with Gasteiger partial charge in [-0.1, -0.05) is 6.92 Å². The third kappa shape index (κ3) is 3.64. The second kappa shape index (κ2) is 5.88. The van der Waals surface area contributed by atoms with E-state index in [1.165, 1.54) is 0 Å². The van der Waals surface area contributed by atoms with Crippen molar-refractivity contribution >= 4 is 0 Å². The zero-order chi connectivity index (χ0) is 11.3. The van der Waals surface area contributed by atoms with E-state index in [2.05, 4.69) is 17.2 Å². The SMILES string of the molecule is CCC(CCO)NCc1nc(C)c(C)o1. The average molecular weight is 212 g/mol. The van der Waals surface area contributed by atoms with Gasteiger partial charge in [0, 0.05) is 12.6 Å². The maximum absolute atomic E-state index is 8.83. The highest BCUT2D eigenvalue weighted by Crippen LogP contribution is 2.08. The van der Waals surface area contributed by atoms with Crippen LogP contribution in [0, 0.1) is 13.8 Å². The summed E-state index contributed by atoms with van der Waals surface area (Å²) in [7, 11) is 0. The van der Waals surface area contributed by atoms with Gasteiger partial charge in [0.15, 0.2) is 0 Å². The molecular formula is C11H20N2O2. The predicted molar refractivity (Wildman–Crippen MR) is 58.6 cm³/mol. The molecule has 15 heavy (non-hydrogen) atoms. The number of hydrogen-bond acceptors (Lipinski definition) is 4. The summed E-state index contributed by atoms with van der Waals surface area (Å²) in [6.45, 7) is 6.80. The first-order chi connectivity index (χ1) is 7.17. The van der Waals surface area contributed by atoms with E-state index < -0.39 is 0 Å². The molecule has 0 radical (unpaired) electrons. The van der Waals surface area contributed by atoms with Gasteiger partial charge in [0.25, 0.3) is 0 Å². The molecule has 0 aliphatic rings. The van der Waals surface area contributed by atoms with Gasteiger partial charge >= 0.3 is 0 Å². The molecule has 0 aliphatic carbocycles. The van der Waals surface area contributed by atoms with Crippen molar-refractivity contribution < 1.29 is 9.52 Å². The molecule has 1 rings (SSSR count). The lowest BCUT2D eigenvalue weighted by Gasteiger charge is -2.13. The summed E-state index contributed by atoms with van der Waals surface area (Å²) in [6, 6.07) is 0.336. The van der Waals surface area contributed by atoms with Crippen LogP contribution in [0.25, 0.3) is 0 Å². The van der Waals surface area contributed by atoms with Crippen molar-refractivity contribution in [2.75, 3.05) is 6.61 Å². The molecule has 86 valence electrons. The first-order valence-corrected chi connectivity index (χ1v) is 5.44. The minimum atomic E-state index is 0.217. The van der Waals surface area contributed by atoms with Gasteiger partial charge in [-0.05, 0) is 26.7 Å². The Hall–Kier alpha value is -0.870. The van der Waals surface area contributed by atoms with Gasteiger partial charge in [-0.3, -0.25) is 0 Å². The Labute approximate surface area is 90.7 Å². The molecule has 1 unspecified atom stereocenters. The average Bonchev–Trinajstić information content (AvgIpc) is 2.53. The Bertz CT molecular complexity index is 277. The van der Waals surface area contributed by atoms with Crippen molar-refractivity contribution in [1.29, 1.82) is 0 Å². The Morgan fingerprint density at radius 3 is 2.67 bits per heavy atom. The number of nitrogens with one attached hydrogen (secondary N) is 1. The number of aliphatic hydroxyl groups is 1. The smallest absolute Gasteiger partial charge is 0.208 e. The largest absolute Gasteiger partial charge is 0.444 e. The standard InChI is InChI=1S/C11H20N2O2/c1-4-10(5-6-14)12-7-11-13-8(2)9(3)15-11/h10,12,14H,4-7H2,1-3H3. The monoisotopic (exact) mass is 212 g/mol. The molecule has 1 atom stereocenters. The van der Waals surface area contributed by atoms with E-state index >= 15 is 0 Å². The molecule has 4 heteroatoms. The fraction of sp³-hybridized carbons (Fsp3) is 0.727. The molecule has 0 aliphatic heterocycles. The summed E-state index contributed by atoms with van der Waals surface area (Å²) < 4.78 is 5.45. The van der Waals surface area contributed by atoms with Crippen molar-refractivity contribution in [3.05, 3.63) is 17.3 Å². The lowest BCUT2D eigenvalue weighted by molar-refractivity contribution is 0.259. The number of aliphatic hydroxyl groups excluding tert-OH is 1. The van der Waals surface area contributed by atoms with Crippen LogP contribution in [0.3, 0.4) is 0 Å². The van der Waals surface area contributed by atoms with Crippen LogP contribution in [0.4, 0.5) is 0 Å². The normalized spacial score (nSPS) is 13.1. The molecule has 0 aromatic carbocycles. The molecule has 0 amide bonds. The van der Waals surface area contributed by atoms with Crippen LogP contribution in [0.15, 0.2) is 4.42 Å². The molecule has 0 bridgehead atoms. The molecule has 1 aromatic heterocycles. The molecular weight excluding hydrogens is 192 g/mol. The van der Waals surface area contributed by atoms with Crippen LogP contribution in [0.2, 0.25) is 0 Å². The summed E-state index contributed by atoms with van der Waals surface area (Å²) in [5.41, 5.74) is 0.946. The van der Waals surface area contributed by atoms with Gasteiger partial charge in [0.2, 0.25) is 5.89 Å². The summed E-state index contributed by atoms with van der Waals surface area (Å²) in [4.78, 5) is 4.28. The fourth-order valence-electron chi connectivity index (χ4n) is 1.45. The summed E-state index contributed by atoms with van der Waals surface area (Å²) in [5, 5.41) is 12.1. The third-order valence-corrected chi connectivity index (χ3v) is 2.59. The molecule has 0 saturated heterocycles. The second-order valence-electron chi connectivity index (χ2n) is 3.75. The van der Waals surface area contributed by atoms with Gasteiger partial charge in [0.1, 0.15) is 5.76 Å². The van der Waals surface area contributed by atoms with Crippen LogP contribution in [-0.4, -0.2) is 22.7 Å². The molecule has 0 saturated carbocycles. The zero-order valence-electron chi connectivity index (χ0n) is 9.71. The lowest BCUT2D eigenvalue weighted by Crippen LogP contribution is -2.28. The molecule has 1 heterocycles. The first kappa shape index (κ1) is 12.2. The van der Waals surface area contributed by atoms with Crippen LogP contribution in [0.1, 0.15) is 37.1 Å². The number of aromatic nitrogens is 1. The zero-order valence-corrected chi connectivity index (χ0v) is 9.71. The van der Waals surface area contributed by atoms with E-state index in [0.717, 1.165) is 30.2 Å². The van der Waals surface area contributed by atoms with E-state index in [0.29, 0.717) is 12.6 Å². The van der Waals surface area contributed by atoms with Gasteiger partial charge in [-0.15, -0.1) is 0 Å². The number of oxazole rings is 1. The number of rotatable bonds is 6. The number of nitrogens with zero attached hydrogens (tertiary/aromatic N) is 1. The number of aryl methyl sites for hydroxylation is 2. The van der Waals surface area contributed by atoms with E-state index in [1.807, 2.05) is 13.8 Å². The Morgan fingerprint density at radius 2 is 2.20 bits per heavy atom. The Balaban J connectivity index is 2.41. The Kier molecular flexibility index (Phi) is 4.78. The van der Waals surface area contributed by atoms with Gasteiger partial charge in [-0.25, -0.2) is 4.98 Å². The maximum Gasteiger partial charge on any atom is 0.208 e.